The molecule has 1 unspecified atom stereocenters. The van der Waals surface area contributed by atoms with Crippen LogP contribution >= 0.6 is 11.6 Å². The minimum Gasteiger partial charge on any atom is -0.313 e. The smallest absolute Gasteiger partial charge is 0.313 e. The quantitative estimate of drug-likeness (QED) is 0.866. The highest BCUT2D eigenvalue weighted by atomic mass is 35.5. The SMILES string of the molecule is FC(F)(F)C1(c2ccc(Cl)cn2)C=CC=C(C2=CCNCC2)C1. The Bertz CT molecular complexity index is 674. The molecule has 0 spiro atoms. The highest BCUT2D eigenvalue weighted by molar-refractivity contribution is 6.30. The molecule has 2 heterocycles. The molecule has 23 heavy (non-hydrogen) atoms. The minimum atomic E-state index is -4.43. The second-order valence-electron chi connectivity index (χ2n) is 5.74. The third kappa shape index (κ3) is 3.08. The van der Waals surface area contributed by atoms with Crippen LogP contribution in [0.3, 0.4) is 0 Å². The second-order valence-corrected chi connectivity index (χ2v) is 6.18. The molecular formula is C17H16ClF3N2. The molecule has 1 aliphatic heterocycles. The maximum Gasteiger partial charge on any atom is 0.403 e. The number of hydrogen-bond acceptors (Lipinski definition) is 2. The van der Waals surface area contributed by atoms with Gasteiger partial charge in [-0.05, 0) is 42.7 Å². The molecule has 0 bridgehead atoms. The Morgan fingerprint density at radius 2 is 2.04 bits per heavy atom. The second kappa shape index (κ2) is 6.13. The van der Waals surface area contributed by atoms with Gasteiger partial charge in [-0.2, -0.15) is 13.2 Å². The summed E-state index contributed by atoms with van der Waals surface area (Å²) in [5.41, 5.74) is -0.419. The molecule has 1 N–H and O–H groups in total. The predicted octanol–water partition coefficient (Wildman–Crippen LogP) is 4.34. The summed E-state index contributed by atoms with van der Waals surface area (Å²) >= 11 is 5.77. The van der Waals surface area contributed by atoms with Crippen molar-refractivity contribution in [1.29, 1.82) is 0 Å². The lowest BCUT2D eigenvalue weighted by atomic mass is 9.72. The molecule has 2 aliphatic rings. The summed E-state index contributed by atoms with van der Waals surface area (Å²) in [7, 11) is 0. The van der Waals surface area contributed by atoms with Crippen molar-refractivity contribution >= 4 is 11.6 Å². The third-order valence-electron chi connectivity index (χ3n) is 4.31. The van der Waals surface area contributed by atoms with Crippen LogP contribution in [0.25, 0.3) is 0 Å². The van der Waals surface area contributed by atoms with E-state index in [2.05, 4.69) is 10.3 Å². The van der Waals surface area contributed by atoms with Crippen LogP contribution in [-0.4, -0.2) is 24.2 Å². The van der Waals surface area contributed by atoms with Gasteiger partial charge in [0.2, 0.25) is 0 Å². The third-order valence-corrected chi connectivity index (χ3v) is 4.54. The maximum atomic E-state index is 13.9. The van der Waals surface area contributed by atoms with Gasteiger partial charge in [-0.15, -0.1) is 0 Å². The molecule has 1 aliphatic carbocycles. The average molecular weight is 341 g/mol. The predicted molar refractivity (Wildman–Crippen MR) is 84.4 cm³/mol. The standard InChI is InChI=1S/C17H16ClF3N2/c18-14-3-4-15(23-11-14)16(17(19,20)21)7-1-2-13(10-16)12-5-8-22-9-6-12/h1-5,7,11,22H,6,8-10H2. The molecule has 0 saturated heterocycles. The van der Waals surface area contributed by atoms with Crippen molar-refractivity contribution in [2.75, 3.05) is 13.1 Å². The Morgan fingerprint density at radius 1 is 1.22 bits per heavy atom. The van der Waals surface area contributed by atoms with Crippen molar-refractivity contribution in [1.82, 2.24) is 10.3 Å². The van der Waals surface area contributed by atoms with Crippen molar-refractivity contribution in [2.24, 2.45) is 0 Å². The molecule has 1 aromatic heterocycles. The number of nitrogens with zero attached hydrogens (tertiary/aromatic N) is 1. The van der Waals surface area contributed by atoms with Gasteiger partial charge in [-0.25, -0.2) is 0 Å². The number of aromatic nitrogens is 1. The minimum absolute atomic E-state index is 0.0224. The number of allylic oxidation sites excluding steroid dienone is 4. The Hall–Kier alpha value is -1.59. The fourth-order valence-electron chi connectivity index (χ4n) is 3.04. The highest BCUT2D eigenvalue weighted by Gasteiger charge is 2.56. The topological polar surface area (TPSA) is 24.9 Å². The Morgan fingerprint density at radius 3 is 2.65 bits per heavy atom. The van der Waals surface area contributed by atoms with Crippen LogP contribution in [0, 0.1) is 0 Å². The maximum absolute atomic E-state index is 13.9. The largest absolute Gasteiger partial charge is 0.403 e. The van der Waals surface area contributed by atoms with Crippen LogP contribution in [0.1, 0.15) is 18.5 Å². The lowest BCUT2D eigenvalue weighted by Crippen LogP contribution is -2.43. The van der Waals surface area contributed by atoms with Gasteiger partial charge in [0, 0.05) is 12.7 Å². The van der Waals surface area contributed by atoms with Crippen LogP contribution in [-0.2, 0) is 5.41 Å². The number of rotatable bonds is 2. The van der Waals surface area contributed by atoms with Gasteiger partial charge in [0.25, 0.3) is 0 Å². The van der Waals surface area contributed by atoms with Gasteiger partial charge >= 0.3 is 6.18 Å². The molecule has 2 nitrogen and oxygen atoms in total. The molecule has 0 saturated carbocycles. The fourth-order valence-corrected chi connectivity index (χ4v) is 3.15. The summed E-state index contributed by atoms with van der Waals surface area (Å²) in [5, 5.41) is 3.49. The molecule has 0 amide bonds. The van der Waals surface area contributed by atoms with Gasteiger partial charge in [0.1, 0.15) is 5.41 Å². The van der Waals surface area contributed by atoms with Crippen LogP contribution in [0.15, 0.2) is 53.8 Å². The lowest BCUT2D eigenvalue weighted by molar-refractivity contribution is -0.177. The zero-order chi connectivity index (χ0) is 16.5. The first-order valence-electron chi connectivity index (χ1n) is 7.40. The Balaban J connectivity index is 2.02. The average Bonchev–Trinajstić information content (AvgIpc) is 2.55. The number of pyridine rings is 1. The molecule has 1 aromatic rings. The van der Waals surface area contributed by atoms with Gasteiger partial charge < -0.3 is 5.32 Å². The summed E-state index contributed by atoms with van der Waals surface area (Å²) < 4.78 is 41.8. The van der Waals surface area contributed by atoms with E-state index in [1.807, 2.05) is 6.08 Å². The van der Waals surface area contributed by atoms with Gasteiger partial charge in [-0.3, -0.25) is 4.98 Å². The van der Waals surface area contributed by atoms with E-state index in [-0.39, 0.29) is 12.1 Å². The first kappa shape index (κ1) is 16.3. The molecule has 0 fully saturated rings. The zero-order valence-electron chi connectivity index (χ0n) is 12.3. The van der Waals surface area contributed by atoms with E-state index < -0.39 is 11.6 Å². The number of nitrogens with one attached hydrogen (secondary N) is 1. The summed E-state index contributed by atoms with van der Waals surface area (Å²) in [6, 6.07) is 2.81. The highest BCUT2D eigenvalue weighted by Crippen LogP contribution is 2.49. The molecule has 1 atom stereocenters. The summed E-state index contributed by atoms with van der Waals surface area (Å²) in [6.07, 6.45) is 3.87. The van der Waals surface area contributed by atoms with E-state index in [1.165, 1.54) is 30.5 Å². The summed E-state index contributed by atoms with van der Waals surface area (Å²) in [4.78, 5) is 3.96. The molecule has 122 valence electrons. The van der Waals surface area contributed by atoms with E-state index in [4.69, 9.17) is 11.6 Å². The van der Waals surface area contributed by atoms with Crippen molar-refractivity contribution in [3.05, 3.63) is 64.5 Å². The number of alkyl halides is 3. The molecule has 3 rings (SSSR count). The van der Waals surface area contributed by atoms with Crippen LogP contribution in [0.4, 0.5) is 13.2 Å². The van der Waals surface area contributed by atoms with Crippen molar-refractivity contribution in [3.8, 4) is 0 Å². The van der Waals surface area contributed by atoms with Crippen LogP contribution in [0.5, 0.6) is 0 Å². The van der Waals surface area contributed by atoms with Gasteiger partial charge in [-0.1, -0.05) is 35.9 Å². The van der Waals surface area contributed by atoms with Crippen LogP contribution < -0.4 is 5.32 Å². The first-order chi connectivity index (χ1) is 10.9. The van der Waals surface area contributed by atoms with Crippen LogP contribution in [0.2, 0.25) is 5.02 Å². The van der Waals surface area contributed by atoms with E-state index in [1.54, 1.807) is 6.08 Å². The van der Waals surface area contributed by atoms with E-state index in [9.17, 15) is 13.2 Å². The summed E-state index contributed by atoms with van der Waals surface area (Å²) in [6.45, 7) is 1.47. The molecule has 6 heteroatoms. The van der Waals surface area contributed by atoms with E-state index in [0.29, 0.717) is 11.6 Å². The first-order valence-corrected chi connectivity index (χ1v) is 7.77. The normalized spacial score (nSPS) is 25.0. The number of hydrogen-bond donors (Lipinski definition) is 1. The number of halogens is 4. The Labute approximate surface area is 137 Å². The Kier molecular flexibility index (Phi) is 4.34. The van der Waals surface area contributed by atoms with E-state index >= 15 is 0 Å². The summed E-state index contributed by atoms with van der Waals surface area (Å²) in [5.74, 6) is 0. The molecule has 0 aromatic carbocycles. The van der Waals surface area contributed by atoms with Crippen molar-refractivity contribution in [3.63, 3.8) is 0 Å². The molecule has 0 radical (unpaired) electrons. The zero-order valence-corrected chi connectivity index (χ0v) is 13.1. The molecular weight excluding hydrogens is 325 g/mol. The monoisotopic (exact) mass is 340 g/mol. The van der Waals surface area contributed by atoms with E-state index in [0.717, 1.165) is 24.1 Å². The van der Waals surface area contributed by atoms with Gasteiger partial charge in [0.15, 0.2) is 0 Å². The van der Waals surface area contributed by atoms with Crippen molar-refractivity contribution < 1.29 is 13.2 Å². The fraction of sp³-hybridized carbons (Fsp3) is 0.353. The van der Waals surface area contributed by atoms with Crippen molar-refractivity contribution in [2.45, 2.75) is 24.4 Å². The van der Waals surface area contributed by atoms with Gasteiger partial charge in [0.05, 0.1) is 10.7 Å². The lowest BCUT2D eigenvalue weighted by Gasteiger charge is -2.36.